The molecular formula is C42H24N6. The zero-order valence-corrected chi connectivity index (χ0v) is 25.5. The predicted molar refractivity (Wildman–Crippen MR) is 193 cm³/mol. The van der Waals surface area contributed by atoms with Crippen LogP contribution in [0.25, 0.3) is 82.6 Å². The molecule has 9 rings (SSSR count). The molecular weight excluding hydrogens is 589 g/mol. The number of para-hydroxylation sites is 4. The fraction of sp³-hybridized carbons (Fsp3) is 0. The molecule has 6 heteroatoms. The van der Waals surface area contributed by atoms with Gasteiger partial charge in [-0.1, -0.05) is 84.9 Å². The van der Waals surface area contributed by atoms with Crippen molar-refractivity contribution in [2.75, 3.05) is 0 Å². The zero-order chi connectivity index (χ0) is 32.2. The van der Waals surface area contributed by atoms with E-state index in [4.69, 9.17) is 16.5 Å². The summed E-state index contributed by atoms with van der Waals surface area (Å²) in [6.45, 7) is 7.72. The molecule has 0 unspecified atom stereocenters. The number of nitriles is 1. The number of pyridine rings is 2. The summed E-state index contributed by atoms with van der Waals surface area (Å²) in [5.74, 6) is 1.49. The molecule has 4 heterocycles. The Labute approximate surface area is 275 Å². The lowest BCUT2D eigenvalue weighted by molar-refractivity contribution is 1.01. The van der Waals surface area contributed by atoms with E-state index in [0.29, 0.717) is 11.3 Å². The first kappa shape index (κ1) is 27.3. The van der Waals surface area contributed by atoms with Gasteiger partial charge in [0.15, 0.2) is 5.69 Å². The van der Waals surface area contributed by atoms with Crippen LogP contribution in [0.5, 0.6) is 0 Å². The van der Waals surface area contributed by atoms with Crippen molar-refractivity contribution in [3.63, 3.8) is 0 Å². The van der Waals surface area contributed by atoms with Crippen molar-refractivity contribution in [1.82, 2.24) is 19.1 Å². The lowest BCUT2D eigenvalue weighted by Gasteiger charge is -2.15. The molecule has 6 nitrogen and oxygen atoms in total. The molecule has 0 aliphatic rings. The fourth-order valence-corrected chi connectivity index (χ4v) is 6.87. The van der Waals surface area contributed by atoms with Crippen LogP contribution < -0.4 is 0 Å². The Hall–Kier alpha value is -7.02. The molecule has 0 N–H and O–H groups in total. The summed E-state index contributed by atoms with van der Waals surface area (Å²) >= 11 is 0. The van der Waals surface area contributed by atoms with Gasteiger partial charge < -0.3 is 0 Å². The number of benzene rings is 5. The summed E-state index contributed by atoms with van der Waals surface area (Å²) in [5, 5.41) is 14.1. The third-order valence-electron chi connectivity index (χ3n) is 8.98. The minimum Gasteiger partial charge on any atom is -0.294 e. The van der Waals surface area contributed by atoms with Gasteiger partial charge in [0.2, 0.25) is 0 Å². The highest BCUT2D eigenvalue weighted by molar-refractivity contribution is 6.10. The molecule has 0 atom stereocenters. The molecule has 9 aromatic rings. The summed E-state index contributed by atoms with van der Waals surface area (Å²) in [5.41, 5.74) is 8.42. The van der Waals surface area contributed by atoms with Gasteiger partial charge in [-0.15, -0.1) is 0 Å². The van der Waals surface area contributed by atoms with Crippen LogP contribution in [0.2, 0.25) is 0 Å². The molecule has 48 heavy (non-hydrogen) atoms. The van der Waals surface area contributed by atoms with Gasteiger partial charge in [-0.05, 0) is 60.7 Å². The van der Waals surface area contributed by atoms with Crippen LogP contribution in [0.3, 0.4) is 0 Å². The highest BCUT2D eigenvalue weighted by atomic mass is 15.1. The largest absolute Gasteiger partial charge is 0.294 e. The Bertz CT molecular complexity index is 2770. The van der Waals surface area contributed by atoms with Crippen LogP contribution >= 0.6 is 0 Å². The number of nitrogens with zero attached hydrogens (tertiary/aromatic N) is 6. The molecule has 222 valence electrons. The van der Waals surface area contributed by atoms with E-state index in [0.717, 1.165) is 77.8 Å². The van der Waals surface area contributed by atoms with Crippen LogP contribution in [-0.2, 0) is 0 Å². The number of aromatic nitrogens is 4. The van der Waals surface area contributed by atoms with Crippen molar-refractivity contribution in [1.29, 1.82) is 5.26 Å². The first-order valence-electron chi connectivity index (χ1n) is 15.6. The second-order valence-corrected chi connectivity index (χ2v) is 11.7. The Balaban J connectivity index is 1.37. The Morgan fingerprint density at radius 2 is 1.06 bits per heavy atom. The van der Waals surface area contributed by atoms with E-state index in [1.165, 1.54) is 0 Å². The van der Waals surface area contributed by atoms with Crippen molar-refractivity contribution in [3.8, 4) is 40.2 Å². The SMILES string of the molecule is [C-]#[N+]c1ccccc1-c1cccc(-c2cc(-n3c4ccccc4c4ccccc43)nc(-n3c4ccccc4c4cc(C#N)ccc43)c2)n1. The van der Waals surface area contributed by atoms with Crippen molar-refractivity contribution < 1.29 is 0 Å². The lowest BCUT2D eigenvalue weighted by atomic mass is 10.1. The summed E-state index contributed by atoms with van der Waals surface area (Å²) in [6.07, 6.45) is 0. The van der Waals surface area contributed by atoms with E-state index in [1.54, 1.807) is 0 Å². The fourth-order valence-electron chi connectivity index (χ4n) is 6.87. The van der Waals surface area contributed by atoms with Gasteiger partial charge in [0.05, 0.1) is 51.7 Å². The van der Waals surface area contributed by atoms with Crippen LogP contribution in [0.15, 0.2) is 146 Å². The second-order valence-electron chi connectivity index (χ2n) is 11.7. The summed E-state index contributed by atoms with van der Waals surface area (Å²) in [7, 11) is 0. The van der Waals surface area contributed by atoms with Gasteiger partial charge in [0, 0.05) is 32.7 Å². The molecule has 0 fully saturated rings. The number of hydrogen-bond donors (Lipinski definition) is 0. The molecule has 0 saturated heterocycles. The highest BCUT2D eigenvalue weighted by Crippen LogP contribution is 2.37. The first-order valence-corrected chi connectivity index (χ1v) is 15.6. The molecule has 0 spiro atoms. The van der Waals surface area contributed by atoms with Gasteiger partial charge in [-0.2, -0.15) is 5.26 Å². The van der Waals surface area contributed by atoms with E-state index in [1.807, 2.05) is 72.8 Å². The van der Waals surface area contributed by atoms with E-state index in [9.17, 15) is 5.26 Å². The van der Waals surface area contributed by atoms with Crippen molar-refractivity contribution in [2.24, 2.45) is 0 Å². The van der Waals surface area contributed by atoms with Crippen LogP contribution in [0.4, 0.5) is 5.69 Å². The van der Waals surface area contributed by atoms with Crippen molar-refractivity contribution in [3.05, 3.63) is 163 Å². The maximum atomic E-state index is 9.71. The molecule has 4 aromatic heterocycles. The Morgan fingerprint density at radius 3 is 1.69 bits per heavy atom. The van der Waals surface area contributed by atoms with Crippen molar-refractivity contribution in [2.45, 2.75) is 0 Å². The van der Waals surface area contributed by atoms with Crippen LogP contribution in [0, 0.1) is 17.9 Å². The first-order chi connectivity index (χ1) is 23.7. The highest BCUT2D eigenvalue weighted by Gasteiger charge is 2.19. The minimum absolute atomic E-state index is 0.561. The minimum atomic E-state index is 0.561. The Kier molecular flexibility index (Phi) is 6.15. The van der Waals surface area contributed by atoms with Gasteiger partial charge >= 0.3 is 0 Å². The van der Waals surface area contributed by atoms with E-state index >= 15 is 0 Å². The van der Waals surface area contributed by atoms with E-state index in [-0.39, 0.29) is 0 Å². The van der Waals surface area contributed by atoms with Crippen LogP contribution in [-0.4, -0.2) is 19.1 Å². The lowest BCUT2D eigenvalue weighted by Crippen LogP contribution is -2.05. The monoisotopic (exact) mass is 612 g/mol. The average Bonchev–Trinajstić information content (AvgIpc) is 3.67. The smallest absolute Gasteiger partial charge is 0.196 e. The normalized spacial score (nSPS) is 11.3. The maximum absolute atomic E-state index is 9.71. The molecule has 0 aliphatic carbocycles. The summed E-state index contributed by atoms with van der Waals surface area (Å²) in [6, 6.07) is 50.8. The summed E-state index contributed by atoms with van der Waals surface area (Å²) in [4.78, 5) is 14.2. The quantitative estimate of drug-likeness (QED) is 0.186. The van der Waals surface area contributed by atoms with Gasteiger partial charge in [0.1, 0.15) is 11.6 Å². The predicted octanol–water partition coefficient (Wildman–Crippen LogP) is 10.4. The van der Waals surface area contributed by atoms with Gasteiger partial charge in [-0.3, -0.25) is 9.13 Å². The Morgan fingerprint density at radius 1 is 0.521 bits per heavy atom. The summed E-state index contributed by atoms with van der Waals surface area (Å²) < 4.78 is 4.39. The number of hydrogen-bond acceptors (Lipinski definition) is 3. The number of rotatable bonds is 4. The van der Waals surface area contributed by atoms with Gasteiger partial charge in [-0.25, -0.2) is 14.8 Å². The van der Waals surface area contributed by atoms with E-state index in [2.05, 4.69) is 92.8 Å². The molecule has 0 bridgehead atoms. The molecule has 0 aliphatic heterocycles. The van der Waals surface area contributed by atoms with Crippen LogP contribution in [0.1, 0.15) is 5.56 Å². The maximum Gasteiger partial charge on any atom is 0.196 e. The third kappa shape index (κ3) is 4.18. The third-order valence-corrected chi connectivity index (χ3v) is 8.98. The number of fused-ring (bicyclic) bond motifs is 6. The van der Waals surface area contributed by atoms with Crippen molar-refractivity contribution >= 4 is 49.3 Å². The zero-order valence-electron chi connectivity index (χ0n) is 25.5. The topological polar surface area (TPSA) is 63.8 Å². The van der Waals surface area contributed by atoms with Gasteiger partial charge in [0.25, 0.3) is 0 Å². The molecule has 0 amide bonds. The molecule has 0 saturated carbocycles. The second kappa shape index (κ2) is 10.8. The van der Waals surface area contributed by atoms with E-state index < -0.39 is 0 Å². The average molecular weight is 613 g/mol. The molecule has 5 aromatic carbocycles. The standard InChI is InChI=1S/C42H24N6/c1-44-35-15-6-2-14-32(35)36-17-10-16-34(45-36)28-24-41(47-37-18-7-3-11-29(37)30-12-4-8-19-38(30)47)46-42(25-28)48-39-20-9-5-13-31(39)33-23-27(26-43)21-22-40(33)48/h2-25H. The molecule has 0 radical (unpaired) electrons.